The number of nitrogens with zero attached hydrogens (tertiary/aromatic N) is 4. The highest BCUT2D eigenvalue weighted by molar-refractivity contribution is 5.93. The molecule has 25 heavy (non-hydrogen) atoms. The molecule has 3 aromatic rings. The van der Waals surface area contributed by atoms with Gasteiger partial charge in [-0.15, -0.1) is 0 Å². The van der Waals surface area contributed by atoms with Crippen LogP contribution in [0.3, 0.4) is 0 Å². The highest BCUT2D eigenvalue weighted by Crippen LogP contribution is 2.26. The van der Waals surface area contributed by atoms with Crippen molar-refractivity contribution in [3.05, 3.63) is 34.8 Å². The van der Waals surface area contributed by atoms with E-state index >= 15 is 0 Å². The predicted octanol–water partition coefficient (Wildman–Crippen LogP) is 1.19. The van der Waals surface area contributed by atoms with Crippen molar-refractivity contribution in [2.24, 2.45) is 5.73 Å². The SMILES string of the molecule is Cc1nc2nonc2c(N)c1Cc1ccc(OC(F)F)c(C(N)=O)n1. The van der Waals surface area contributed by atoms with Gasteiger partial charge in [-0.25, -0.2) is 14.6 Å². The van der Waals surface area contributed by atoms with Crippen LogP contribution in [-0.4, -0.2) is 32.8 Å². The van der Waals surface area contributed by atoms with E-state index in [0.29, 0.717) is 28.2 Å². The number of nitrogens with two attached hydrogens (primary N) is 2. The van der Waals surface area contributed by atoms with E-state index in [1.807, 2.05) is 0 Å². The lowest BCUT2D eigenvalue weighted by atomic mass is 10.0. The number of nitrogen functional groups attached to an aromatic ring is 1. The topological polar surface area (TPSA) is 143 Å². The molecule has 0 aliphatic carbocycles. The molecule has 0 fully saturated rings. The van der Waals surface area contributed by atoms with Gasteiger partial charge in [-0.05, 0) is 29.4 Å². The Bertz CT molecular complexity index is 959. The van der Waals surface area contributed by atoms with Crippen LogP contribution in [0.25, 0.3) is 11.2 Å². The van der Waals surface area contributed by atoms with Crippen molar-refractivity contribution in [1.82, 2.24) is 20.3 Å². The average Bonchev–Trinajstić information content (AvgIpc) is 3.00. The number of rotatable bonds is 5. The van der Waals surface area contributed by atoms with Crippen LogP contribution >= 0.6 is 0 Å². The number of carbonyl (C=O) groups excluding carboxylic acids is 1. The number of fused-ring (bicyclic) bond motifs is 1. The third kappa shape index (κ3) is 3.16. The van der Waals surface area contributed by atoms with Crippen LogP contribution in [0.5, 0.6) is 5.75 Å². The predicted molar refractivity (Wildman–Crippen MR) is 80.9 cm³/mol. The molecule has 0 spiro atoms. The summed E-state index contributed by atoms with van der Waals surface area (Å²) in [5.41, 5.74) is 13.2. The molecule has 0 unspecified atom stereocenters. The summed E-state index contributed by atoms with van der Waals surface area (Å²) in [6.45, 7) is -1.39. The van der Waals surface area contributed by atoms with Crippen molar-refractivity contribution in [2.75, 3.05) is 5.73 Å². The second-order valence-corrected chi connectivity index (χ2v) is 5.09. The van der Waals surface area contributed by atoms with Gasteiger partial charge < -0.3 is 16.2 Å². The van der Waals surface area contributed by atoms with E-state index in [9.17, 15) is 13.6 Å². The Morgan fingerprint density at radius 2 is 2.08 bits per heavy atom. The highest BCUT2D eigenvalue weighted by Gasteiger charge is 2.19. The molecule has 0 aliphatic heterocycles. The lowest BCUT2D eigenvalue weighted by molar-refractivity contribution is -0.0504. The fraction of sp³-hybridized carbons (Fsp3) is 0.214. The van der Waals surface area contributed by atoms with Gasteiger partial charge in [0, 0.05) is 23.4 Å². The normalized spacial score (nSPS) is 11.2. The standard InChI is InChI=1S/C14H12F2N6O3/c1-5-7(9(17)11-13(19-5)22-25-21-11)4-6-2-3-8(24-14(15)16)10(20-6)12(18)23/h2-3,14H,4,17H2,1H3,(H2,18,23). The number of primary amides is 1. The summed E-state index contributed by atoms with van der Waals surface area (Å²) in [6, 6.07) is 2.62. The second kappa shape index (κ2) is 6.26. The lowest BCUT2D eigenvalue weighted by Gasteiger charge is -2.11. The van der Waals surface area contributed by atoms with Gasteiger partial charge in [0.05, 0.1) is 5.69 Å². The Balaban J connectivity index is 2.01. The Hall–Kier alpha value is -3.37. The molecule has 0 atom stereocenters. The van der Waals surface area contributed by atoms with Crippen molar-refractivity contribution in [2.45, 2.75) is 20.0 Å². The number of ether oxygens (including phenoxy) is 1. The third-order valence-corrected chi connectivity index (χ3v) is 3.49. The molecule has 3 aromatic heterocycles. The maximum Gasteiger partial charge on any atom is 0.387 e. The van der Waals surface area contributed by atoms with E-state index in [1.54, 1.807) is 6.92 Å². The summed E-state index contributed by atoms with van der Waals surface area (Å²) >= 11 is 0. The number of amides is 1. The molecule has 0 aliphatic rings. The molecular formula is C14H12F2N6O3. The van der Waals surface area contributed by atoms with Crippen LogP contribution < -0.4 is 16.2 Å². The Morgan fingerprint density at radius 1 is 1.32 bits per heavy atom. The minimum Gasteiger partial charge on any atom is -0.432 e. The summed E-state index contributed by atoms with van der Waals surface area (Å²) in [4.78, 5) is 19.7. The number of hydrogen-bond donors (Lipinski definition) is 2. The monoisotopic (exact) mass is 350 g/mol. The van der Waals surface area contributed by atoms with E-state index in [4.69, 9.17) is 11.5 Å². The summed E-state index contributed by atoms with van der Waals surface area (Å²) in [5, 5.41) is 7.31. The minimum atomic E-state index is -3.10. The number of pyridine rings is 2. The molecule has 1 amide bonds. The Kier molecular flexibility index (Phi) is 4.13. The van der Waals surface area contributed by atoms with E-state index in [2.05, 4.69) is 29.6 Å². The van der Waals surface area contributed by atoms with E-state index in [0.717, 1.165) is 0 Å². The van der Waals surface area contributed by atoms with Crippen molar-refractivity contribution in [3.63, 3.8) is 0 Å². The van der Waals surface area contributed by atoms with Crippen molar-refractivity contribution >= 4 is 22.8 Å². The smallest absolute Gasteiger partial charge is 0.387 e. The maximum atomic E-state index is 12.4. The van der Waals surface area contributed by atoms with E-state index in [1.165, 1.54) is 12.1 Å². The third-order valence-electron chi connectivity index (χ3n) is 3.49. The molecular weight excluding hydrogens is 338 g/mol. The Morgan fingerprint density at radius 3 is 2.76 bits per heavy atom. The molecule has 0 saturated carbocycles. The zero-order chi connectivity index (χ0) is 18.1. The van der Waals surface area contributed by atoms with E-state index < -0.39 is 24.0 Å². The van der Waals surface area contributed by atoms with Crippen LogP contribution in [0, 0.1) is 6.92 Å². The van der Waals surface area contributed by atoms with Gasteiger partial charge >= 0.3 is 6.61 Å². The molecule has 11 heteroatoms. The van der Waals surface area contributed by atoms with Crippen molar-refractivity contribution < 1.29 is 22.9 Å². The summed E-state index contributed by atoms with van der Waals surface area (Å²) < 4.78 is 33.6. The van der Waals surface area contributed by atoms with Gasteiger partial charge in [0.25, 0.3) is 5.91 Å². The number of halogens is 2. The summed E-state index contributed by atoms with van der Waals surface area (Å²) in [7, 11) is 0. The molecule has 4 N–H and O–H groups in total. The fourth-order valence-corrected chi connectivity index (χ4v) is 2.35. The first kappa shape index (κ1) is 16.5. The van der Waals surface area contributed by atoms with Crippen LogP contribution in [0.2, 0.25) is 0 Å². The lowest BCUT2D eigenvalue weighted by Crippen LogP contribution is -2.17. The van der Waals surface area contributed by atoms with Crippen LogP contribution in [0.4, 0.5) is 14.5 Å². The zero-order valence-electron chi connectivity index (χ0n) is 12.9. The molecule has 0 bridgehead atoms. The number of aryl methyl sites for hydroxylation is 1. The molecule has 3 rings (SSSR count). The summed E-state index contributed by atoms with van der Waals surface area (Å²) in [5.74, 6) is -1.39. The quantitative estimate of drug-likeness (QED) is 0.698. The van der Waals surface area contributed by atoms with Gasteiger partial charge in [-0.1, -0.05) is 0 Å². The molecule has 0 radical (unpaired) electrons. The molecule has 0 aromatic carbocycles. The first-order valence-electron chi connectivity index (χ1n) is 6.98. The highest BCUT2D eigenvalue weighted by atomic mass is 19.3. The Labute approximate surface area is 138 Å². The van der Waals surface area contributed by atoms with Gasteiger partial charge in [0.1, 0.15) is 0 Å². The van der Waals surface area contributed by atoms with Gasteiger partial charge in [0.2, 0.25) is 5.65 Å². The van der Waals surface area contributed by atoms with Crippen LogP contribution in [0.15, 0.2) is 16.8 Å². The zero-order valence-corrected chi connectivity index (χ0v) is 12.9. The van der Waals surface area contributed by atoms with Gasteiger partial charge in [0.15, 0.2) is 17.0 Å². The number of aromatic nitrogens is 4. The van der Waals surface area contributed by atoms with Crippen molar-refractivity contribution in [1.29, 1.82) is 0 Å². The number of carbonyl (C=O) groups is 1. The van der Waals surface area contributed by atoms with Crippen LogP contribution in [-0.2, 0) is 6.42 Å². The van der Waals surface area contributed by atoms with Crippen LogP contribution in [0.1, 0.15) is 27.4 Å². The first-order valence-corrected chi connectivity index (χ1v) is 6.98. The van der Waals surface area contributed by atoms with Gasteiger partial charge in [-0.3, -0.25) is 4.79 Å². The van der Waals surface area contributed by atoms with Gasteiger partial charge in [-0.2, -0.15) is 8.78 Å². The maximum absolute atomic E-state index is 12.4. The number of anilines is 1. The first-order chi connectivity index (χ1) is 11.9. The minimum absolute atomic E-state index is 0.169. The second-order valence-electron chi connectivity index (χ2n) is 5.09. The average molecular weight is 350 g/mol. The number of hydrogen-bond acceptors (Lipinski definition) is 8. The largest absolute Gasteiger partial charge is 0.432 e. The fourth-order valence-electron chi connectivity index (χ4n) is 2.35. The molecule has 0 saturated heterocycles. The van der Waals surface area contributed by atoms with Crippen molar-refractivity contribution in [3.8, 4) is 5.75 Å². The van der Waals surface area contributed by atoms with E-state index in [-0.39, 0.29) is 12.1 Å². The molecule has 130 valence electrons. The molecule has 3 heterocycles. The number of alkyl halides is 2. The molecule has 9 nitrogen and oxygen atoms in total. The summed E-state index contributed by atoms with van der Waals surface area (Å²) in [6.07, 6.45) is 0.169.